The summed E-state index contributed by atoms with van der Waals surface area (Å²) in [6, 6.07) is 3.19. The number of hydrogen-bond donors (Lipinski definition) is 1. The molecule has 3 aliphatic carbocycles. The van der Waals surface area contributed by atoms with Gasteiger partial charge in [-0.15, -0.1) is 0 Å². The van der Waals surface area contributed by atoms with E-state index in [9.17, 15) is 9.18 Å². The lowest BCUT2D eigenvalue weighted by molar-refractivity contribution is 0.0840. The van der Waals surface area contributed by atoms with Crippen LogP contribution in [0.4, 0.5) is 4.39 Å². The van der Waals surface area contributed by atoms with Gasteiger partial charge in [-0.1, -0.05) is 13.8 Å². The Bertz CT molecular complexity index is 697. The lowest BCUT2D eigenvalue weighted by Gasteiger charge is -2.35. The summed E-state index contributed by atoms with van der Waals surface area (Å²) in [4.78, 5) is 12.4. The van der Waals surface area contributed by atoms with Crippen molar-refractivity contribution in [3.63, 3.8) is 0 Å². The fourth-order valence-electron chi connectivity index (χ4n) is 3.85. The highest BCUT2D eigenvalue weighted by atomic mass is 32.2. The molecule has 1 aromatic rings. The van der Waals surface area contributed by atoms with Crippen LogP contribution in [0.3, 0.4) is 0 Å². The fraction of sp³-hybridized carbons (Fsp3) is 0.667. The molecule has 1 atom stereocenters. The van der Waals surface area contributed by atoms with Gasteiger partial charge in [0.1, 0.15) is 11.6 Å². The first-order valence-electron chi connectivity index (χ1n) is 9.87. The average molecular weight is 378 g/mol. The highest BCUT2D eigenvalue weighted by Crippen LogP contribution is 2.46. The van der Waals surface area contributed by atoms with Crippen molar-refractivity contribution in [3.8, 4) is 5.75 Å². The Balaban J connectivity index is 1.52. The minimum absolute atomic E-state index is 0.140. The van der Waals surface area contributed by atoms with Crippen molar-refractivity contribution in [1.82, 2.24) is 4.72 Å². The number of carbonyl (C=O) groups excluding carboxylic acids is 1. The van der Waals surface area contributed by atoms with Crippen molar-refractivity contribution in [2.24, 2.45) is 5.41 Å². The molecule has 5 heteroatoms. The number of amides is 1. The minimum atomic E-state index is -0.478. The van der Waals surface area contributed by atoms with Crippen LogP contribution in [0.25, 0.3) is 0 Å². The standard InChI is InChI=1S/C21H28FNO2S/c1-21(2)9-3-4-14(12-21)25-19-11-18(22)17(10-16(19)13-5-6-13)20(24)23-26-15-7-8-15/h10-11,13-15H,3-9,12H2,1-2H3,(H,23,24). The third kappa shape index (κ3) is 4.36. The lowest BCUT2D eigenvalue weighted by Crippen LogP contribution is -2.30. The maximum Gasteiger partial charge on any atom is 0.264 e. The molecule has 1 N–H and O–H groups in total. The number of halogens is 1. The van der Waals surface area contributed by atoms with E-state index in [4.69, 9.17) is 4.74 Å². The zero-order valence-corrected chi connectivity index (χ0v) is 16.5. The second kappa shape index (κ2) is 7.06. The Hall–Kier alpha value is -1.23. The molecule has 0 radical (unpaired) electrons. The van der Waals surface area contributed by atoms with E-state index in [1.165, 1.54) is 24.4 Å². The number of hydrogen-bond acceptors (Lipinski definition) is 3. The Morgan fingerprint density at radius 1 is 1.23 bits per heavy atom. The maximum absolute atomic E-state index is 14.7. The number of rotatable bonds is 6. The summed E-state index contributed by atoms with van der Waals surface area (Å²) in [6.07, 6.45) is 8.98. The molecule has 3 nitrogen and oxygen atoms in total. The molecule has 0 spiro atoms. The van der Waals surface area contributed by atoms with Gasteiger partial charge in [-0.25, -0.2) is 4.39 Å². The van der Waals surface area contributed by atoms with Gasteiger partial charge in [0.15, 0.2) is 0 Å². The SMILES string of the molecule is CC1(C)CCCC(Oc2cc(F)c(C(=O)NSC3CC3)cc2C2CC2)C1. The predicted octanol–water partition coefficient (Wildman–Crippen LogP) is 5.59. The average Bonchev–Trinajstić information content (AvgIpc) is 3.45. The monoisotopic (exact) mass is 377 g/mol. The molecule has 1 amide bonds. The summed E-state index contributed by atoms with van der Waals surface area (Å²) in [6.45, 7) is 4.55. The molecule has 3 aliphatic rings. The highest BCUT2D eigenvalue weighted by molar-refractivity contribution is 7.98. The normalized spacial score (nSPS) is 25.0. The third-order valence-corrected chi connectivity index (χ3v) is 6.77. The van der Waals surface area contributed by atoms with Crippen LogP contribution in [-0.4, -0.2) is 17.3 Å². The van der Waals surface area contributed by atoms with Gasteiger partial charge in [-0.2, -0.15) is 0 Å². The van der Waals surface area contributed by atoms with Gasteiger partial charge in [0.05, 0.1) is 11.7 Å². The van der Waals surface area contributed by atoms with Crippen LogP contribution in [0.1, 0.15) is 87.1 Å². The Morgan fingerprint density at radius 3 is 2.65 bits per heavy atom. The van der Waals surface area contributed by atoms with E-state index in [1.807, 2.05) is 0 Å². The number of benzene rings is 1. The molecule has 1 aromatic carbocycles. The molecule has 4 rings (SSSR count). The Kier molecular flexibility index (Phi) is 4.93. The third-order valence-electron chi connectivity index (χ3n) is 5.66. The predicted molar refractivity (Wildman–Crippen MR) is 103 cm³/mol. The molecular weight excluding hydrogens is 349 g/mol. The summed E-state index contributed by atoms with van der Waals surface area (Å²) in [7, 11) is 0. The van der Waals surface area contributed by atoms with E-state index in [0.29, 0.717) is 16.9 Å². The summed E-state index contributed by atoms with van der Waals surface area (Å²) in [5, 5.41) is 0.502. The van der Waals surface area contributed by atoms with Crippen molar-refractivity contribution < 1.29 is 13.9 Å². The van der Waals surface area contributed by atoms with Crippen molar-refractivity contribution in [3.05, 3.63) is 29.1 Å². The maximum atomic E-state index is 14.7. The number of ether oxygens (including phenoxy) is 1. The zero-order valence-electron chi connectivity index (χ0n) is 15.6. The molecule has 3 saturated carbocycles. The van der Waals surface area contributed by atoms with Crippen LogP contribution in [0, 0.1) is 11.2 Å². The minimum Gasteiger partial charge on any atom is -0.490 e. The molecule has 0 bridgehead atoms. The summed E-state index contributed by atoms with van der Waals surface area (Å²) >= 11 is 1.42. The van der Waals surface area contributed by atoms with Gasteiger partial charge in [0.25, 0.3) is 5.91 Å². The van der Waals surface area contributed by atoms with Crippen LogP contribution in [0.2, 0.25) is 0 Å². The van der Waals surface area contributed by atoms with Gasteiger partial charge in [-0.3, -0.25) is 9.52 Å². The molecule has 26 heavy (non-hydrogen) atoms. The highest BCUT2D eigenvalue weighted by Gasteiger charge is 2.33. The van der Waals surface area contributed by atoms with E-state index >= 15 is 0 Å². The van der Waals surface area contributed by atoms with Crippen molar-refractivity contribution in [2.45, 2.75) is 82.5 Å². The first-order valence-corrected chi connectivity index (χ1v) is 10.8. The van der Waals surface area contributed by atoms with Gasteiger partial charge in [0, 0.05) is 11.3 Å². The second-order valence-electron chi connectivity index (χ2n) is 8.89. The second-order valence-corrected chi connectivity index (χ2v) is 10.00. The smallest absolute Gasteiger partial charge is 0.264 e. The van der Waals surface area contributed by atoms with E-state index in [1.54, 1.807) is 6.07 Å². The van der Waals surface area contributed by atoms with E-state index in [2.05, 4.69) is 18.6 Å². The summed E-state index contributed by atoms with van der Waals surface area (Å²) < 4.78 is 23.7. The summed E-state index contributed by atoms with van der Waals surface area (Å²) in [5.74, 6) is 0.254. The summed E-state index contributed by atoms with van der Waals surface area (Å²) in [5.41, 5.74) is 1.44. The van der Waals surface area contributed by atoms with Crippen LogP contribution in [-0.2, 0) is 0 Å². The van der Waals surface area contributed by atoms with Crippen LogP contribution in [0.15, 0.2) is 12.1 Å². The van der Waals surface area contributed by atoms with Crippen LogP contribution in [0.5, 0.6) is 5.75 Å². The van der Waals surface area contributed by atoms with Gasteiger partial charge < -0.3 is 4.74 Å². The molecule has 0 aromatic heterocycles. The number of carbonyl (C=O) groups is 1. The van der Waals surface area contributed by atoms with Crippen molar-refractivity contribution >= 4 is 17.9 Å². The first-order chi connectivity index (χ1) is 12.4. The van der Waals surface area contributed by atoms with Gasteiger partial charge in [-0.05, 0) is 86.3 Å². The fourth-order valence-corrected chi connectivity index (χ4v) is 4.60. The zero-order chi connectivity index (χ0) is 18.3. The molecule has 0 aliphatic heterocycles. The van der Waals surface area contributed by atoms with Crippen LogP contribution < -0.4 is 9.46 Å². The molecule has 0 heterocycles. The van der Waals surface area contributed by atoms with Crippen molar-refractivity contribution in [2.75, 3.05) is 0 Å². The van der Waals surface area contributed by atoms with Gasteiger partial charge in [0.2, 0.25) is 0 Å². The number of nitrogens with one attached hydrogen (secondary N) is 1. The molecular formula is C21H28FNO2S. The van der Waals surface area contributed by atoms with Crippen LogP contribution >= 0.6 is 11.9 Å². The van der Waals surface area contributed by atoms with Crippen molar-refractivity contribution in [1.29, 1.82) is 0 Å². The topological polar surface area (TPSA) is 38.3 Å². The molecule has 0 saturated heterocycles. The molecule has 3 fully saturated rings. The van der Waals surface area contributed by atoms with Gasteiger partial charge >= 0.3 is 0 Å². The Morgan fingerprint density at radius 2 is 2.00 bits per heavy atom. The molecule has 1 unspecified atom stereocenters. The van der Waals surface area contributed by atoms with E-state index < -0.39 is 5.82 Å². The lowest BCUT2D eigenvalue weighted by atomic mass is 9.76. The molecule has 142 valence electrons. The quantitative estimate of drug-likeness (QED) is 0.657. The van der Waals surface area contributed by atoms with E-state index in [-0.39, 0.29) is 23.0 Å². The Labute approximate surface area is 159 Å². The largest absolute Gasteiger partial charge is 0.490 e. The first kappa shape index (κ1) is 18.1. The van der Waals surface area contributed by atoms with E-state index in [0.717, 1.165) is 50.5 Å².